The van der Waals surface area contributed by atoms with Gasteiger partial charge in [-0.2, -0.15) is 5.26 Å². The van der Waals surface area contributed by atoms with E-state index in [4.69, 9.17) is 5.26 Å². The molecule has 0 aliphatic heterocycles. The topological polar surface area (TPSA) is 23.8 Å². The van der Waals surface area contributed by atoms with Gasteiger partial charge in [0.25, 0.3) is 0 Å². The quantitative estimate of drug-likeness (QED) is 0.616. The van der Waals surface area contributed by atoms with Gasteiger partial charge < -0.3 is 0 Å². The van der Waals surface area contributed by atoms with Crippen molar-refractivity contribution < 1.29 is 0 Å². The molecule has 0 spiro atoms. The summed E-state index contributed by atoms with van der Waals surface area (Å²) in [6.45, 7) is 2.11. The van der Waals surface area contributed by atoms with Gasteiger partial charge in [-0.3, -0.25) is 0 Å². The molecule has 0 heterocycles. The molecule has 1 aromatic rings. The summed E-state index contributed by atoms with van der Waals surface area (Å²) in [5.74, 6) is 1.05. The highest BCUT2D eigenvalue weighted by Crippen LogP contribution is 2.21. The third-order valence-electron chi connectivity index (χ3n) is 1.37. The van der Waals surface area contributed by atoms with Crippen molar-refractivity contribution in [2.75, 3.05) is 5.75 Å². The van der Waals surface area contributed by atoms with Crippen LogP contribution in [0.3, 0.4) is 0 Å². The van der Waals surface area contributed by atoms with E-state index in [0.29, 0.717) is 0 Å². The molecule has 0 N–H and O–H groups in total. The molecule has 3 heteroatoms. The molecule has 0 radical (unpaired) electrons. The molecule has 0 bridgehead atoms. The second-order valence-electron chi connectivity index (χ2n) is 2.19. The smallest absolute Gasteiger partial charge is 0.100 e. The van der Waals surface area contributed by atoms with Gasteiger partial charge in [0, 0.05) is 8.47 Å². The van der Waals surface area contributed by atoms with Crippen LogP contribution in [-0.2, 0) is 0 Å². The number of thioether (sulfide) groups is 1. The van der Waals surface area contributed by atoms with E-state index in [2.05, 4.69) is 41.7 Å². The predicted octanol–water partition coefficient (Wildman–Crippen LogP) is 3.27. The van der Waals surface area contributed by atoms with E-state index < -0.39 is 0 Å². The van der Waals surface area contributed by atoms with Crippen molar-refractivity contribution in [2.45, 2.75) is 11.8 Å². The zero-order valence-corrected chi connectivity index (χ0v) is 9.65. The van der Waals surface area contributed by atoms with Gasteiger partial charge in [0.2, 0.25) is 0 Å². The lowest BCUT2D eigenvalue weighted by Gasteiger charge is -1.99. The summed E-state index contributed by atoms with van der Waals surface area (Å²) in [4.78, 5) is 1.18. The SMILES string of the molecule is CCSc1ccc(I)c(C#N)c1. The first-order chi connectivity index (χ1) is 5.77. The lowest BCUT2D eigenvalue weighted by Crippen LogP contribution is -1.82. The number of benzene rings is 1. The molecule has 0 saturated heterocycles. The Bertz CT molecular complexity index is 317. The minimum absolute atomic E-state index is 0.772. The number of hydrogen-bond acceptors (Lipinski definition) is 2. The fraction of sp³-hybridized carbons (Fsp3) is 0.222. The van der Waals surface area contributed by atoms with Gasteiger partial charge in [0.15, 0.2) is 0 Å². The highest BCUT2D eigenvalue weighted by atomic mass is 127. The zero-order chi connectivity index (χ0) is 8.97. The Morgan fingerprint density at radius 1 is 1.58 bits per heavy atom. The molecule has 62 valence electrons. The molecule has 0 fully saturated rings. The van der Waals surface area contributed by atoms with Crippen molar-refractivity contribution in [2.24, 2.45) is 0 Å². The van der Waals surface area contributed by atoms with Gasteiger partial charge >= 0.3 is 0 Å². The summed E-state index contributed by atoms with van der Waals surface area (Å²) in [6, 6.07) is 8.15. The largest absolute Gasteiger partial charge is 0.192 e. The van der Waals surface area contributed by atoms with Crippen LogP contribution in [0.5, 0.6) is 0 Å². The Balaban J connectivity index is 2.99. The second kappa shape index (κ2) is 4.73. The Morgan fingerprint density at radius 2 is 2.33 bits per heavy atom. The van der Waals surface area contributed by atoms with E-state index in [1.807, 2.05) is 12.1 Å². The van der Waals surface area contributed by atoms with Crippen LogP contribution in [0.25, 0.3) is 0 Å². The maximum Gasteiger partial charge on any atom is 0.100 e. The van der Waals surface area contributed by atoms with Gasteiger partial charge in [0.05, 0.1) is 5.56 Å². The van der Waals surface area contributed by atoms with Crippen LogP contribution in [0.1, 0.15) is 12.5 Å². The normalized spacial score (nSPS) is 9.42. The van der Waals surface area contributed by atoms with E-state index in [1.165, 1.54) is 4.90 Å². The zero-order valence-electron chi connectivity index (χ0n) is 6.67. The molecular formula is C9H8INS. The molecule has 0 amide bonds. The highest BCUT2D eigenvalue weighted by Gasteiger charge is 1.99. The number of rotatable bonds is 2. The van der Waals surface area contributed by atoms with Gasteiger partial charge in [-0.15, -0.1) is 11.8 Å². The molecule has 1 rings (SSSR count). The number of halogens is 1. The number of hydrogen-bond donors (Lipinski definition) is 0. The van der Waals surface area contributed by atoms with E-state index >= 15 is 0 Å². The first-order valence-corrected chi connectivity index (χ1v) is 5.66. The molecule has 1 aromatic carbocycles. The van der Waals surface area contributed by atoms with Crippen molar-refractivity contribution >= 4 is 34.4 Å². The summed E-state index contributed by atoms with van der Waals surface area (Å²) in [5.41, 5.74) is 0.772. The third-order valence-corrected chi connectivity index (χ3v) is 3.19. The molecule has 0 atom stereocenters. The van der Waals surface area contributed by atoms with Crippen LogP contribution in [0.4, 0.5) is 0 Å². The Labute approximate surface area is 90.3 Å². The van der Waals surface area contributed by atoms with Crippen LogP contribution < -0.4 is 0 Å². The summed E-state index contributed by atoms with van der Waals surface area (Å²) >= 11 is 3.93. The molecule has 1 nitrogen and oxygen atoms in total. The van der Waals surface area contributed by atoms with Crippen molar-refractivity contribution in [3.05, 3.63) is 27.3 Å². The van der Waals surface area contributed by atoms with Crippen LogP contribution in [0.15, 0.2) is 23.1 Å². The van der Waals surface area contributed by atoms with Gasteiger partial charge in [-0.05, 0) is 46.5 Å². The Kier molecular flexibility index (Phi) is 3.89. The van der Waals surface area contributed by atoms with E-state index in [1.54, 1.807) is 11.8 Å². The standard InChI is InChI=1S/C9H8INS/c1-2-12-8-3-4-9(10)7(5-8)6-11/h3-5H,2H2,1H3. The second-order valence-corrected chi connectivity index (χ2v) is 4.69. The van der Waals surface area contributed by atoms with Crippen LogP contribution in [0.2, 0.25) is 0 Å². The third kappa shape index (κ3) is 2.39. The Morgan fingerprint density at radius 3 is 2.92 bits per heavy atom. The molecule has 0 unspecified atom stereocenters. The summed E-state index contributed by atoms with van der Waals surface area (Å²) < 4.78 is 1.02. The van der Waals surface area contributed by atoms with Crippen LogP contribution >= 0.6 is 34.4 Å². The van der Waals surface area contributed by atoms with Crippen LogP contribution in [0, 0.1) is 14.9 Å². The van der Waals surface area contributed by atoms with E-state index in [-0.39, 0.29) is 0 Å². The molecule has 0 aliphatic carbocycles. The van der Waals surface area contributed by atoms with Crippen molar-refractivity contribution in [1.82, 2.24) is 0 Å². The van der Waals surface area contributed by atoms with Crippen LogP contribution in [-0.4, -0.2) is 5.75 Å². The Hall–Kier alpha value is -0.210. The van der Waals surface area contributed by atoms with Crippen molar-refractivity contribution in [3.8, 4) is 6.07 Å². The first-order valence-electron chi connectivity index (χ1n) is 3.60. The van der Waals surface area contributed by atoms with Crippen molar-refractivity contribution in [1.29, 1.82) is 5.26 Å². The molecule has 0 aliphatic rings. The van der Waals surface area contributed by atoms with Crippen molar-refractivity contribution in [3.63, 3.8) is 0 Å². The molecule has 0 saturated carbocycles. The monoisotopic (exact) mass is 289 g/mol. The van der Waals surface area contributed by atoms with Gasteiger partial charge in [-0.25, -0.2) is 0 Å². The molecule has 12 heavy (non-hydrogen) atoms. The maximum absolute atomic E-state index is 8.75. The lowest BCUT2D eigenvalue weighted by atomic mass is 10.2. The van der Waals surface area contributed by atoms with E-state index in [0.717, 1.165) is 14.9 Å². The minimum atomic E-state index is 0.772. The average Bonchev–Trinajstić information content (AvgIpc) is 2.09. The maximum atomic E-state index is 8.75. The van der Waals surface area contributed by atoms with Gasteiger partial charge in [-0.1, -0.05) is 6.92 Å². The summed E-state index contributed by atoms with van der Waals surface area (Å²) in [6.07, 6.45) is 0. The fourth-order valence-corrected chi connectivity index (χ4v) is 2.00. The average molecular weight is 289 g/mol. The number of nitrogens with zero attached hydrogens (tertiary/aromatic N) is 1. The molecule has 0 aromatic heterocycles. The minimum Gasteiger partial charge on any atom is -0.192 e. The summed E-state index contributed by atoms with van der Waals surface area (Å²) in [5, 5.41) is 8.75. The molecular weight excluding hydrogens is 281 g/mol. The fourth-order valence-electron chi connectivity index (χ4n) is 0.847. The predicted molar refractivity (Wildman–Crippen MR) is 60.3 cm³/mol. The van der Waals surface area contributed by atoms with E-state index in [9.17, 15) is 0 Å². The van der Waals surface area contributed by atoms with Gasteiger partial charge in [0.1, 0.15) is 6.07 Å². The number of nitriles is 1. The highest BCUT2D eigenvalue weighted by molar-refractivity contribution is 14.1. The lowest BCUT2D eigenvalue weighted by molar-refractivity contribution is 1.37. The summed E-state index contributed by atoms with van der Waals surface area (Å²) in [7, 11) is 0. The first kappa shape index (κ1) is 9.87.